The van der Waals surface area contributed by atoms with Crippen molar-refractivity contribution in [1.82, 2.24) is 14.9 Å². The first-order valence-electron chi connectivity index (χ1n) is 5.76. The number of rotatable bonds is 1. The molecule has 0 atom stereocenters. The maximum atomic E-state index is 12.8. The molecule has 19 heavy (non-hydrogen) atoms. The Bertz CT molecular complexity index is 689. The number of alkyl halides is 3. The third-order valence-electron chi connectivity index (χ3n) is 3.27. The van der Waals surface area contributed by atoms with Gasteiger partial charge in [-0.15, -0.1) is 0 Å². The van der Waals surface area contributed by atoms with E-state index in [0.29, 0.717) is 13.1 Å². The summed E-state index contributed by atoms with van der Waals surface area (Å²) in [7, 11) is 0. The normalized spacial score (nSPS) is 16.6. The SMILES string of the molecule is O=c1c2cccc(C(F)(F)F)c2ncn1C1CNC1. The molecule has 1 aliphatic heterocycles. The van der Waals surface area contributed by atoms with E-state index in [1.54, 1.807) is 0 Å². The molecule has 1 aromatic carbocycles. The molecule has 7 heteroatoms. The highest BCUT2D eigenvalue weighted by Gasteiger charge is 2.33. The van der Waals surface area contributed by atoms with E-state index in [-0.39, 0.29) is 16.9 Å². The Balaban J connectivity index is 2.25. The Kier molecular flexibility index (Phi) is 2.60. The molecule has 2 heterocycles. The van der Waals surface area contributed by atoms with Gasteiger partial charge in [-0.25, -0.2) is 4.98 Å². The summed E-state index contributed by atoms with van der Waals surface area (Å²) < 4.78 is 39.9. The largest absolute Gasteiger partial charge is 0.418 e. The summed E-state index contributed by atoms with van der Waals surface area (Å²) in [4.78, 5) is 16.0. The second kappa shape index (κ2) is 4.06. The zero-order chi connectivity index (χ0) is 13.6. The molecule has 0 aliphatic carbocycles. The van der Waals surface area contributed by atoms with Crippen LogP contribution < -0.4 is 10.9 Å². The Hall–Kier alpha value is -1.89. The summed E-state index contributed by atoms with van der Waals surface area (Å²) in [6, 6.07) is 3.52. The quantitative estimate of drug-likeness (QED) is 0.854. The van der Waals surface area contributed by atoms with Crippen molar-refractivity contribution in [2.24, 2.45) is 0 Å². The predicted molar refractivity (Wildman–Crippen MR) is 62.9 cm³/mol. The minimum absolute atomic E-state index is 0.00391. The summed E-state index contributed by atoms with van der Waals surface area (Å²) >= 11 is 0. The van der Waals surface area contributed by atoms with E-state index in [2.05, 4.69) is 10.3 Å². The van der Waals surface area contributed by atoms with Gasteiger partial charge in [0.2, 0.25) is 0 Å². The second-order valence-corrected chi connectivity index (χ2v) is 4.47. The summed E-state index contributed by atoms with van der Waals surface area (Å²) in [6.07, 6.45) is -3.31. The highest BCUT2D eigenvalue weighted by molar-refractivity contribution is 5.81. The van der Waals surface area contributed by atoms with Gasteiger partial charge in [-0.05, 0) is 12.1 Å². The van der Waals surface area contributed by atoms with Crippen LogP contribution in [-0.4, -0.2) is 22.6 Å². The van der Waals surface area contributed by atoms with Crippen LogP contribution in [0.5, 0.6) is 0 Å². The topological polar surface area (TPSA) is 46.9 Å². The number of nitrogens with zero attached hydrogens (tertiary/aromatic N) is 2. The maximum Gasteiger partial charge on any atom is 0.418 e. The van der Waals surface area contributed by atoms with Gasteiger partial charge in [0.15, 0.2) is 0 Å². The van der Waals surface area contributed by atoms with Crippen molar-refractivity contribution in [2.45, 2.75) is 12.2 Å². The average Bonchev–Trinajstić information content (AvgIpc) is 2.28. The Morgan fingerprint density at radius 2 is 2.05 bits per heavy atom. The molecule has 3 rings (SSSR count). The molecule has 2 aromatic rings. The van der Waals surface area contributed by atoms with Gasteiger partial charge in [-0.1, -0.05) is 6.07 Å². The molecule has 0 amide bonds. The molecule has 0 saturated carbocycles. The molecular formula is C12H10F3N3O. The third-order valence-corrected chi connectivity index (χ3v) is 3.27. The van der Waals surface area contributed by atoms with Gasteiger partial charge in [0.25, 0.3) is 5.56 Å². The van der Waals surface area contributed by atoms with Crippen LogP contribution in [-0.2, 0) is 6.18 Å². The molecular weight excluding hydrogens is 259 g/mol. The van der Waals surface area contributed by atoms with Crippen LogP contribution in [0.1, 0.15) is 11.6 Å². The van der Waals surface area contributed by atoms with E-state index in [1.807, 2.05) is 0 Å². The number of hydrogen-bond acceptors (Lipinski definition) is 3. The number of hydrogen-bond donors (Lipinski definition) is 1. The first-order chi connectivity index (χ1) is 8.98. The van der Waals surface area contributed by atoms with Gasteiger partial charge in [0.1, 0.15) is 0 Å². The smallest absolute Gasteiger partial charge is 0.313 e. The molecule has 0 radical (unpaired) electrons. The molecule has 1 fully saturated rings. The van der Waals surface area contributed by atoms with Gasteiger partial charge >= 0.3 is 6.18 Å². The average molecular weight is 269 g/mol. The van der Waals surface area contributed by atoms with E-state index in [0.717, 1.165) is 6.07 Å². The van der Waals surface area contributed by atoms with Crippen LogP contribution in [0, 0.1) is 0 Å². The standard InChI is InChI=1S/C12H10F3N3O/c13-12(14,15)9-3-1-2-8-10(9)17-6-18(11(8)19)7-4-16-5-7/h1-3,6-7,16H,4-5H2. The fourth-order valence-electron chi connectivity index (χ4n) is 2.13. The van der Waals surface area contributed by atoms with E-state index in [4.69, 9.17) is 0 Å². The van der Waals surface area contributed by atoms with Crippen LogP contribution in [0.3, 0.4) is 0 Å². The lowest BCUT2D eigenvalue weighted by Crippen LogP contribution is -2.47. The molecule has 0 spiro atoms. The number of para-hydroxylation sites is 1. The number of nitrogens with one attached hydrogen (secondary N) is 1. The van der Waals surface area contributed by atoms with Crippen LogP contribution >= 0.6 is 0 Å². The van der Waals surface area contributed by atoms with E-state index < -0.39 is 17.3 Å². The minimum Gasteiger partial charge on any atom is -0.313 e. The van der Waals surface area contributed by atoms with Gasteiger partial charge in [-0.2, -0.15) is 13.2 Å². The van der Waals surface area contributed by atoms with E-state index in [9.17, 15) is 18.0 Å². The lowest BCUT2D eigenvalue weighted by Gasteiger charge is -2.28. The number of halogens is 3. The minimum atomic E-state index is -4.51. The maximum absolute atomic E-state index is 12.8. The summed E-state index contributed by atoms with van der Waals surface area (Å²) in [5.74, 6) is 0. The van der Waals surface area contributed by atoms with Crippen molar-refractivity contribution in [1.29, 1.82) is 0 Å². The zero-order valence-corrected chi connectivity index (χ0v) is 9.74. The number of fused-ring (bicyclic) bond motifs is 1. The second-order valence-electron chi connectivity index (χ2n) is 4.47. The highest BCUT2D eigenvalue weighted by Crippen LogP contribution is 2.32. The Morgan fingerprint density at radius 1 is 1.32 bits per heavy atom. The Labute approximate surface area is 105 Å². The van der Waals surface area contributed by atoms with E-state index >= 15 is 0 Å². The number of benzene rings is 1. The monoisotopic (exact) mass is 269 g/mol. The van der Waals surface area contributed by atoms with Crippen molar-refractivity contribution in [2.75, 3.05) is 13.1 Å². The van der Waals surface area contributed by atoms with Gasteiger partial charge in [0.05, 0.1) is 28.8 Å². The molecule has 100 valence electrons. The van der Waals surface area contributed by atoms with Gasteiger partial charge < -0.3 is 5.32 Å². The van der Waals surface area contributed by atoms with Crippen molar-refractivity contribution in [3.63, 3.8) is 0 Å². The molecule has 1 N–H and O–H groups in total. The third kappa shape index (κ3) is 1.90. The first kappa shape index (κ1) is 12.2. The predicted octanol–water partition coefficient (Wildman–Crippen LogP) is 1.56. The fraction of sp³-hybridized carbons (Fsp3) is 0.333. The summed E-state index contributed by atoms with van der Waals surface area (Å²) in [5.41, 5.74) is -1.59. The lowest BCUT2D eigenvalue weighted by molar-refractivity contribution is -0.136. The van der Waals surface area contributed by atoms with Crippen molar-refractivity contribution < 1.29 is 13.2 Å². The van der Waals surface area contributed by atoms with Gasteiger partial charge in [0, 0.05) is 13.1 Å². The van der Waals surface area contributed by atoms with Crippen LogP contribution in [0.4, 0.5) is 13.2 Å². The Morgan fingerprint density at radius 3 is 2.63 bits per heavy atom. The molecule has 1 saturated heterocycles. The zero-order valence-electron chi connectivity index (χ0n) is 9.74. The van der Waals surface area contributed by atoms with Crippen LogP contribution in [0.2, 0.25) is 0 Å². The first-order valence-corrected chi connectivity index (χ1v) is 5.76. The molecule has 4 nitrogen and oxygen atoms in total. The van der Waals surface area contributed by atoms with Crippen LogP contribution in [0.15, 0.2) is 29.3 Å². The fourth-order valence-corrected chi connectivity index (χ4v) is 2.13. The van der Waals surface area contributed by atoms with Crippen molar-refractivity contribution in [3.8, 4) is 0 Å². The van der Waals surface area contributed by atoms with Crippen molar-refractivity contribution in [3.05, 3.63) is 40.4 Å². The highest BCUT2D eigenvalue weighted by atomic mass is 19.4. The molecule has 0 unspecified atom stereocenters. The van der Waals surface area contributed by atoms with Crippen LogP contribution in [0.25, 0.3) is 10.9 Å². The summed E-state index contributed by atoms with van der Waals surface area (Å²) in [6.45, 7) is 1.26. The van der Waals surface area contributed by atoms with Crippen molar-refractivity contribution >= 4 is 10.9 Å². The molecule has 1 aliphatic rings. The molecule has 0 bridgehead atoms. The lowest BCUT2D eigenvalue weighted by atomic mass is 10.1. The molecule has 1 aromatic heterocycles. The number of aromatic nitrogens is 2. The summed E-state index contributed by atoms with van der Waals surface area (Å²) in [5, 5.41) is 3.01. The van der Waals surface area contributed by atoms with E-state index in [1.165, 1.54) is 23.0 Å². The van der Waals surface area contributed by atoms with Gasteiger partial charge in [-0.3, -0.25) is 9.36 Å².